The summed E-state index contributed by atoms with van der Waals surface area (Å²) in [6.45, 7) is 23.0. The molecule has 0 bridgehead atoms. The normalized spacial score (nSPS) is 14.6. The van der Waals surface area contributed by atoms with Crippen molar-refractivity contribution >= 4 is 22.6 Å². The van der Waals surface area contributed by atoms with Gasteiger partial charge in [-0.1, -0.05) is 102 Å². The Morgan fingerprint density at radius 1 is 0.650 bits per heavy atom. The van der Waals surface area contributed by atoms with Crippen LogP contribution in [0.1, 0.15) is 78.4 Å². The Kier molecular flexibility index (Phi) is 12.9. The number of hydrogen-bond acceptors (Lipinski definition) is 4. The van der Waals surface area contributed by atoms with Crippen molar-refractivity contribution in [1.29, 1.82) is 0 Å². The van der Waals surface area contributed by atoms with E-state index >= 15 is 0 Å². The van der Waals surface area contributed by atoms with E-state index in [1.807, 2.05) is 6.07 Å². The summed E-state index contributed by atoms with van der Waals surface area (Å²) < 4.78 is 19.4. The summed E-state index contributed by atoms with van der Waals surface area (Å²) in [6, 6.07) is 21.0. The number of ether oxygens (including phenoxy) is 1. The highest BCUT2D eigenvalue weighted by Gasteiger charge is 2.40. The molecule has 2 rings (SSSR count). The van der Waals surface area contributed by atoms with Gasteiger partial charge in [-0.05, 0) is 73.1 Å². The average Bonchev–Trinajstić information content (AvgIpc) is 2.85. The van der Waals surface area contributed by atoms with Gasteiger partial charge in [0.2, 0.25) is 0 Å². The van der Waals surface area contributed by atoms with Crippen LogP contribution in [0.25, 0.3) is 0 Å². The summed E-state index contributed by atoms with van der Waals surface area (Å²) in [4.78, 5) is 13.1. The third kappa shape index (κ3) is 11.6. The molecule has 6 heteroatoms. The number of hydrogen-bond donors (Lipinski definition) is 0. The molecule has 2 atom stereocenters. The van der Waals surface area contributed by atoms with Crippen LogP contribution in [0, 0.1) is 0 Å². The first-order chi connectivity index (χ1) is 18.5. The van der Waals surface area contributed by atoms with Crippen LogP contribution in [-0.2, 0) is 31.2 Å². The predicted octanol–water partition coefficient (Wildman–Crippen LogP) is 9.36. The highest BCUT2D eigenvalue weighted by Crippen LogP contribution is 2.39. The lowest BCUT2D eigenvalue weighted by atomic mass is 10.0. The van der Waals surface area contributed by atoms with Gasteiger partial charge in [-0.25, -0.2) is 0 Å². The second kappa shape index (κ2) is 14.9. The molecule has 0 amide bonds. The van der Waals surface area contributed by atoms with Gasteiger partial charge in [-0.2, -0.15) is 0 Å². The van der Waals surface area contributed by atoms with Crippen molar-refractivity contribution < 1.29 is 18.4 Å². The summed E-state index contributed by atoms with van der Waals surface area (Å²) in [7, 11) is -3.99. The molecule has 4 nitrogen and oxygen atoms in total. The largest absolute Gasteiger partial charge is 0.466 e. The fourth-order valence-corrected chi connectivity index (χ4v) is 6.96. The van der Waals surface area contributed by atoms with Crippen molar-refractivity contribution in [1.82, 2.24) is 0 Å². The molecule has 2 unspecified atom stereocenters. The van der Waals surface area contributed by atoms with Crippen LogP contribution < -0.4 is 0 Å². The van der Waals surface area contributed by atoms with Crippen LogP contribution >= 0.6 is 0 Å². The Labute approximate surface area is 247 Å². The smallest absolute Gasteiger partial charge is 0.308 e. The van der Waals surface area contributed by atoms with Crippen LogP contribution in [0.15, 0.2) is 60.7 Å². The van der Waals surface area contributed by atoms with E-state index in [-0.39, 0.29) is 34.7 Å². The number of carbonyl (C=O) groups is 1. The number of carbonyl (C=O) groups excluding carboxylic acids is 1. The molecule has 2 aromatic rings. The number of esters is 1. The fraction of sp³-hybridized carbons (Fsp3) is 0.618. The van der Waals surface area contributed by atoms with Gasteiger partial charge in [0.1, 0.15) is 0 Å². The minimum atomic E-state index is -2.03. The van der Waals surface area contributed by atoms with Gasteiger partial charge in [0, 0.05) is 12.5 Å². The lowest BCUT2D eigenvalue weighted by molar-refractivity contribution is -0.146. The Hall–Kier alpha value is -1.74. The minimum Gasteiger partial charge on any atom is -0.466 e. The number of aryl methyl sites for hydroxylation is 2. The molecule has 0 fully saturated rings. The van der Waals surface area contributed by atoms with Gasteiger partial charge in [0.15, 0.2) is 16.6 Å². The molecule has 0 saturated heterocycles. The lowest BCUT2D eigenvalue weighted by Crippen LogP contribution is -2.45. The van der Waals surface area contributed by atoms with Crippen molar-refractivity contribution in [2.45, 2.75) is 129 Å². The monoisotopic (exact) mass is 584 g/mol. The van der Waals surface area contributed by atoms with Gasteiger partial charge in [0.05, 0.1) is 19.1 Å². The SMILES string of the molecule is CC(C)(C)[Si](C)(C)OC(CCOC(=O)CC(CCc1ccccc1)O[Si](C)(C)C(C)(C)C)CCc1ccccc1. The molecule has 0 N–H and O–H groups in total. The van der Waals surface area contributed by atoms with Crippen molar-refractivity contribution in [2.75, 3.05) is 6.61 Å². The molecule has 0 aliphatic rings. The van der Waals surface area contributed by atoms with E-state index in [1.54, 1.807) is 0 Å². The summed E-state index contributed by atoms with van der Waals surface area (Å²) in [5.41, 5.74) is 2.58. The molecule has 0 aliphatic carbocycles. The molecule has 224 valence electrons. The Balaban J connectivity index is 2.01. The molecule has 0 heterocycles. The first kappa shape index (κ1) is 34.5. The van der Waals surface area contributed by atoms with E-state index < -0.39 is 16.6 Å². The predicted molar refractivity (Wildman–Crippen MR) is 174 cm³/mol. The van der Waals surface area contributed by atoms with Crippen LogP contribution in [0.3, 0.4) is 0 Å². The van der Waals surface area contributed by atoms with Gasteiger partial charge < -0.3 is 13.6 Å². The van der Waals surface area contributed by atoms with Crippen LogP contribution in [0.4, 0.5) is 0 Å². The van der Waals surface area contributed by atoms with E-state index in [0.29, 0.717) is 13.0 Å². The summed E-state index contributed by atoms with van der Waals surface area (Å²) >= 11 is 0. The summed E-state index contributed by atoms with van der Waals surface area (Å²) in [6.07, 6.45) is 4.48. The number of benzene rings is 2. The second-order valence-corrected chi connectivity index (χ2v) is 23.8. The van der Waals surface area contributed by atoms with E-state index in [9.17, 15) is 4.79 Å². The standard InChI is InChI=1S/C34H56O4Si2/c1-33(2,3)39(7,8)37-30(23-21-28-17-13-11-14-18-28)25-26-36-32(35)27-31(38-40(9,10)34(4,5)6)24-22-29-19-15-12-16-20-29/h11-20,30-31H,21-27H2,1-10H3. The zero-order valence-electron chi connectivity index (χ0n) is 27.0. The van der Waals surface area contributed by atoms with Gasteiger partial charge >= 0.3 is 5.97 Å². The zero-order chi connectivity index (χ0) is 30.0. The molecule has 0 radical (unpaired) electrons. The average molecular weight is 585 g/mol. The zero-order valence-corrected chi connectivity index (χ0v) is 29.0. The molecule has 0 spiro atoms. The molecule has 40 heavy (non-hydrogen) atoms. The summed E-state index contributed by atoms with van der Waals surface area (Å²) in [5, 5.41) is 0.205. The third-order valence-corrected chi connectivity index (χ3v) is 17.9. The Morgan fingerprint density at radius 3 is 1.48 bits per heavy atom. The van der Waals surface area contributed by atoms with Crippen molar-refractivity contribution in [2.24, 2.45) is 0 Å². The van der Waals surface area contributed by atoms with Gasteiger partial charge in [-0.3, -0.25) is 4.79 Å². The van der Waals surface area contributed by atoms with Crippen LogP contribution in [0.2, 0.25) is 36.3 Å². The third-order valence-electron chi connectivity index (χ3n) is 8.83. The minimum absolute atomic E-state index is 0.0613. The van der Waals surface area contributed by atoms with E-state index in [2.05, 4.69) is 122 Å². The van der Waals surface area contributed by atoms with Crippen LogP contribution in [0.5, 0.6) is 0 Å². The summed E-state index contributed by atoms with van der Waals surface area (Å²) in [5.74, 6) is -0.175. The molecule has 0 saturated carbocycles. The van der Waals surface area contributed by atoms with Crippen molar-refractivity contribution in [3.05, 3.63) is 71.8 Å². The topological polar surface area (TPSA) is 44.8 Å². The van der Waals surface area contributed by atoms with Gasteiger partial charge in [-0.15, -0.1) is 0 Å². The first-order valence-corrected chi connectivity index (χ1v) is 20.9. The maximum Gasteiger partial charge on any atom is 0.308 e. The van der Waals surface area contributed by atoms with Crippen molar-refractivity contribution in [3.63, 3.8) is 0 Å². The highest BCUT2D eigenvalue weighted by molar-refractivity contribution is 6.74. The Morgan fingerprint density at radius 2 is 1.05 bits per heavy atom. The molecular weight excluding hydrogens is 529 g/mol. The molecule has 2 aromatic carbocycles. The maximum absolute atomic E-state index is 13.1. The first-order valence-electron chi connectivity index (χ1n) is 15.1. The van der Waals surface area contributed by atoms with E-state index in [4.69, 9.17) is 13.6 Å². The Bertz CT molecular complexity index is 1010. The molecule has 0 aliphatic heterocycles. The fourth-order valence-electron chi connectivity index (χ4n) is 4.15. The quantitative estimate of drug-likeness (QED) is 0.154. The van der Waals surface area contributed by atoms with Crippen LogP contribution in [-0.4, -0.2) is 41.4 Å². The van der Waals surface area contributed by atoms with E-state index in [1.165, 1.54) is 11.1 Å². The molecule has 0 aromatic heterocycles. The maximum atomic E-state index is 13.1. The lowest BCUT2D eigenvalue weighted by Gasteiger charge is -2.39. The van der Waals surface area contributed by atoms with Gasteiger partial charge in [0.25, 0.3) is 0 Å². The molecular formula is C34H56O4Si2. The second-order valence-electron chi connectivity index (χ2n) is 14.3. The highest BCUT2D eigenvalue weighted by atomic mass is 28.4. The van der Waals surface area contributed by atoms with Crippen molar-refractivity contribution in [3.8, 4) is 0 Å². The number of rotatable bonds is 15. The van der Waals surface area contributed by atoms with E-state index in [0.717, 1.165) is 25.7 Å².